The van der Waals surface area contributed by atoms with Crippen molar-refractivity contribution >= 4 is 23.2 Å². The Balaban J connectivity index is 2.34. The number of hydrogen-bond acceptors (Lipinski definition) is 3. The maximum absolute atomic E-state index is 10.7. The van der Waals surface area contributed by atoms with Crippen LogP contribution in [0.25, 0.3) is 0 Å². The molecule has 0 aliphatic carbocycles. The summed E-state index contributed by atoms with van der Waals surface area (Å²) in [7, 11) is 0. The summed E-state index contributed by atoms with van der Waals surface area (Å²) >= 11 is 0. The van der Waals surface area contributed by atoms with E-state index in [1.165, 1.54) is 12.8 Å². The Morgan fingerprint density at radius 2 is 2.06 bits per heavy atom. The van der Waals surface area contributed by atoms with Gasteiger partial charge in [0.05, 0.1) is 11.4 Å². The summed E-state index contributed by atoms with van der Waals surface area (Å²) < 4.78 is 0. The van der Waals surface area contributed by atoms with E-state index in [0.717, 1.165) is 24.3 Å². The highest BCUT2D eigenvalue weighted by Crippen LogP contribution is 2.31. The maximum atomic E-state index is 10.7. The van der Waals surface area contributed by atoms with Gasteiger partial charge >= 0.3 is 6.09 Å². The molecule has 0 spiro atoms. The minimum absolute atomic E-state index is 0.463. The van der Waals surface area contributed by atoms with Crippen LogP contribution in [0.1, 0.15) is 18.4 Å². The molecule has 1 saturated heterocycles. The lowest BCUT2D eigenvalue weighted by Crippen LogP contribution is -2.19. The Kier molecular flexibility index (Phi) is 3.08. The second-order valence-electron chi connectivity index (χ2n) is 4.35. The van der Waals surface area contributed by atoms with Gasteiger partial charge in [-0.3, -0.25) is 5.32 Å². The number of rotatable bonds is 2. The minimum atomic E-state index is -1.09. The van der Waals surface area contributed by atoms with E-state index in [1.807, 2.05) is 19.1 Å². The number of aryl methyl sites for hydroxylation is 1. The molecule has 0 bridgehead atoms. The van der Waals surface area contributed by atoms with Crippen molar-refractivity contribution in [2.24, 2.45) is 0 Å². The summed E-state index contributed by atoms with van der Waals surface area (Å²) in [6, 6.07) is 3.64. The van der Waals surface area contributed by atoms with E-state index in [0.29, 0.717) is 11.4 Å². The van der Waals surface area contributed by atoms with Gasteiger partial charge in [-0.05, 0) is 37.5 Å². The molecule has 1 fully saturated rings. The lowest BCUT2D eigenvalue weighted by molar-refractivity contribution is 0.210. The number of hydrogen-bond donors (Lipinski definition) is 3. The first kappa shape index (κ1) is 11.6. The lowest BCUT2D eigenvalue weighted by Gasteiger charge is -2.21. The van der Waals surface area contributed by atoms with Crippen molar-refractivity contribution in [3.8, 4) is 0 Å². The maximum Gasteiger partial charge on any atom is 0.409 e. The molecule has 0 unspecified atom stereocenters. The molecule has 92 valence electrons. The first-order chi connectivity index (χ1) is 8.08. The number of nitrogens with one attached hydrogen (secondary N) is 1. The fourth-order valence-corrected chi connectivity index (χ4v) is 2.24. The third-order valence-corrected chi connectivity index (χ3v) is 3.06. The molecule has 1 aromatic rings. The van der Waals surface area contributed by atoms with Gasteiger partial charge in [0, 0.05) is 18.8 Å². The molecule has 2 rings (SSSR count). The van der Waals surface area contributed by atoms with Crippen molar-refractivity contribution in [3.05, 3.63) is 17.7 Å². The number of benzene rings is 1. The fourth-order valence-electron chi connectivity index (χ4n) is 2.24. The van der Waals surface area contributed by atoms with E-state index in [1.54, 1.807) is 0 Å². The van der Waals surface area contributed by atoms with Crippen LogP contribution in [0.2, 0.25) is 0 Å². The highest BCUT2D eigenvalue weighted by molar-refractivity contribution is 5.89. The van der Waals surface area contributed by atoms with Gasteiger partial charge in [0.15, 0.2) is 0 Å². The van der Waals surface area contributed by atoms with Crippen molar-refractivity contribution in [2.45, 2.75) is 19.8 Å². The number of nitrogens with two attached hydrogens (primary N) is 1. The van der Waals surface area contributed by atoms with Gasteiger partial charge in [-0.15, -0.1) is 0 Å². The van der Waals surface area contributed by atoms with Crippen LogP contribution in [-0.2, 0) is 0 Å². The van der Waals surface area contributed by atoms with Crippen LogP contribution in [0.5, 0.6) is 0 Å². The second-order valence-corrected chi connectivity index (χ2v) is 4.35. The van der Waals surface area contributed by atoms with Crippen molar-refractivity contribution in [2.75, 3.05) is 29.0 Å². The fraction of sp³-hybridized carbons (Fsp3) is 0.417. The Bertz CT molecular complexity index is 440. The summed E-state index contributed by atoms with van der Waals surface area (Å²) in [5.41, 5.74) is 8.87. The van der Waals surface area contributed by atoms with E-state index >= 15 is 0 Å². The third-order valence-electron chi connectivity index (χ3n) is 3.06. The number of carbonyl (C=O) groups is 1. The number of amides is 1. The first-order valence-corrected chi connectivity index (χ1v) is 5.73. The molecule has 0 radical (unpaired) electrons. The molecule has 1 amide bonds. The minimum Gasteiger partial charge on any atom is -0.465 e. The zero-order chi connectivity index (χ0) is 12.4. The average molecular weight is 235 g/mol. The molecule has 1 aliphatic rings. The molecule has 4 N–H and O–H groups in total. The van der Waals surface area contributed by atoms with Crippen LogP contribution in [0.15, 0.2) is 12.1 Å². The van der Waals surface area contributed by atoms with Crippen LogP contribution in [0.3, 0.4) is 0 Å². The van der Waals surface area contributed by atoms with Gasteiger partial charge in [0.25, 0.3) is 0 Å². The summed E-state index contributed by atoms with van der Waals surface area (Å²) in [6.45, 7) is 4.04. The average Bonchev–Trinajstić information content (AvgIpc) is 2.74. The van der Waals surface area contributed by atoms with E-state index in [-0.39, 0.29) is 0 Å². The van der Waals surface area contributed by atoms with Crippen LogP contribution >= 0.6 is 0 Å². The Morgan fingerprint density at radius 3 is 2.65 bits per heavy atom. The first-order valence-electron chi connectivity index (χ1n) is 5.73. The highest BCUT2D eigenvalue weighted by Gasteiger charge is 2.16. The van der Waals surface area contributed by atoms with Crippen LogP contribution in [0.4, 0.5) is 21.9 Å². The number of nitrogen functional groups attached to an aromatic ring is 1. The molecule has 1 aromatic carbocycles. The number of nitrogens with zero attached hydrogens (tertiary/aromatic N) is 1. The van der Waals surface area contributed by atoms with Gasteiger partial charge in [0.2, 0.25) is 0 Å². The molecule has 5 heteroatoms. The molecular weight excluding hydrogens is 218 g/mol. The standard InChI is InChI=1S/C12H17N3O2/c1-8-6-9(13)10(14-12(16)17)7-11(8)15-4-2-3-5-15/h6-7,14H,2-5,13H2,1H3,(H,16,17). The zero-order valence-corrected chi connectivity index (χ0v) is 9.86. The Hall–Kier alpha value is -1.91. The van der Waals surface area contributed by atoms with E-state index in [9.17, 15) is 4.79 Å². The predicted octanol–water partition coefficient (Wildman–Crippen LogP) is 2.27. The quantitative estimate of drug-likeness (QED) is 0.687. The lowest BCUT2D eigenvalue weighted by atomic mass is 10.1. The topological polar surface area (TPSA) is 78.6 Å². The smallest absolute Gasteiger partial charge is 0.409 e. The molecule has 0 saturated carbocycles. The molecule has 17 heavy (non-hydrogen) atoms. The zero-order valence-electron chi connectivity index (χ0n) is 9.86. The molecule has 0 aromatic heterocycles. The summed E-state index contributed by atoms with van der Waals surface area (Å²) in [5.74, 6) is 0. The van der Waals surface area contributed by atoms with Crippen LogP contribution < -0.4 is 16.0 Å². The monoisotopic (exact) mass is 235 g/mol. The number of carboxylic acid groups (broad SMARTS) is 1. The SMILES string of the molecule is Cc1cc(N)c(NC(=O)O)cc1N1CCCC1. The molecule has 1 aliphatic heterocycles. The van der Waals surface area contributed by atoms with Crippen LogP contribution in [-0.4, -0.2) is 24.3 Å². The van der Waals surface area contributed by atoms with Crippen molar-refractivity contribution < 1.29 is 9.90 Å². The van der Waals surface area contributed by atoms with Crippen molar-refractivity contribution in [1.29, 1.82) is 0 Å². The summed E-state index contributed by atoms with van der Waals surface area (Å²) in [4.78, 5) is 12.9. The van der Waals surface area contributed by atoms with E-state index in [2.05, 4.69) is 10.2 Å². The van der Waals surface area contributed by atoms with Gasteiger partial charge in [-0.25, -0.2) is 4.79 Å². The van der Waals surface area contributed by atoms with Gasteiger partial charge < -0.3 is 15.7 Å². The normalized spacial score (nSPS) is 15.0. The summed E-state index contributed by atoms with van der Waals surface area (Å²) in [5, 5.41) is 11.1. The van der Waals surface area contributed by atoms with E-state index in [4.69, 9.17) is 10.8 Å². The van der Waals surface area contributed by atoms with Gasteiger partial charge in [0.1, 0.15) is 0 Å². The summed E-state index contributed by atoms with van der Waals surface area (Å²) in [6.07, 6.45) is 1.28. The van der Waals surface area contributed by atoms with Gasteiger partial charge in [-0.1, -0.05) is 0 Å². The van der Waals surface area contributed by atoms with Gasteiger partial charge in [-0.2, -0.15) is 0 Å². The molecule has 1 heterocycles. The third kappa shape index (κ3) is 2.43. The molecular formula is C12H17N3O2. The Morgan fingerprint density at radius 1 is 1.41 bits per heavy atom. The Labute approximate surface area is 100 Å². The van der Waals surface area contributed by atoms with Crippen molar-refractivity contribution in [1.82, 2.24) is 0 Å². The second kappa shape index (κ2) is 4.53. The highest BCUT2D eigenvalue weighted by atomic mass is 16.4. The largest absolute Gasteiger partial charge is 0.465 e. The number of anilines is 3. The predicted molar refractivity (Wildman–Crippen MR) is 68.7 cm³/mol. The molecule has 5 nitrogen and oxygen atoms in total. The van der Waals surface area contributed by atoms with Crippen LogP contribution in [0, 0.1) is 6.92 Å². The van der Waals surface area contributed by atoms with E-state index < -0.39 is 6.09 Å². The molecule has 0 atom stereocenters. The van der Waals surface area contributed by atoms with Crippen molar-refractivity contribution in [3.63, 3.8) is 0 Å².